The summed E-state index contributed by atoms with van der Waals surface area (Å²) in [5.74, 6) is 0.0219. The number of hydrogen-bond acceptors (Lipinski definition) is 4. The quantitative estimate of drug-likeness (QED) is 0.899. The first kappa shape index (κ1) is 12.8. The maximum atomic E-state index is 12.1. The summed E-state index contributed by atoms with van der Waals surface area (Å²) in [6.45, 7) is 3.89. The van der Waals surface area contributed by atoms with Crippen LogP contribution in [0.5, 0.6) is 0 Å². The highest BCUT2D eigenvalue weighted by molar-refractivity contribution is 7.12. The van der Waals surface area contributed by atoms with Gasteiger partial charge in [0.25, 0.3) is 5.91 Å². The molecule has 0 aliphatic carbocycles. The van der Waals surface area contributed by atoms with Gasteiger partial charge in [0.2, 0.25) is 0 Å². The Bertz CT molecular complexity index is 389. The van der Waals surface area contributed by atoms with Gasteiger partial charge < -0.3 is 10.0 Å². The number of rotatable bonds is 3. The highest BCUT2D eigenvalue weighted by Gasteiger charge is 2.23. The minimum Gasteiger partial charge on any atom is -0.395 e. The molecule has 1 amide bonds. The molecule has 6 heteroatoms. The summed E-state index contributed by atoms with van der Waals surface area (Å²) in [4.78, 5) is 16.7. The zero-order valence-corrected chi connectivity index (χ0v) is 11.0. The smallest absolute Gasteiger partial charge is 0.265 e. The third-order valence-electron chi connectivity index (χ3n) is 2.89. The van der Waals surface area contributed by atoms with Crippen LogP contribution in [0.2, 0.25) is 5.02 Å². The Kier molecular flexibility index (Phi) is 4.39. The second-order valence-electron chi connectivity index (χ2n) is 3.96. The third kappa shape index (κ3) is 2.98. The summed E-state index contributed by atoms with van der Waals surface area (Å²) in [7, 11) is 0. The fourth-order valence-electron chi connectivity index (χ4n) is 1.91. The predicted molar refractivity (Wildman–Crippen MR) is 68.8 cm³/mol. The van der Waals surface area contributed by atoms with Crippen molar-refractivity contribution in [2.75, 3.05) is 39.3 Å². The number of hydrogen-bond donors (Lipinski definition) is 1. The van der Waals surface area contributed by atoms with Crippen molar-refractivity contribution >= 4 is 28.8 Å². The van der Waals surface area contributed by atoms with Gasteiger partial charge in [-0.1, -0.05) is 11.6 Å². The van der Waals surface area contributed by atoms with Crippen LogP contribution in [-0.4, -0.2) is 60.1 Å². The standard InChI is InChI=1S/C11H15ClN2O2S/c12-9-1-8-17-10(9)11(16)14-4-2-13(3-5-14)6-7-15/h1,8,15H,2-7H2. The third-order valence-corrected chi connectivity index (χ3v) is 4.22. The molecule has 1 aliphatic heterocycles. The van der Waals surface area contributed by atoms with Crippen LogP contribution >= 0.6 is 22.9 Å². The van der Waals surface area contributed by atoms with Crippen molar-refractivity contribution in [1.29, 1.82) is 0 Å². The Morgan fingerprint density at radius 2 is 2.12 bits per heavy atom. The van der Waals surface area contributed by atoms with Crippen LogP contribution < -0.4 is 0 Å². The molecule has 0 atom stereocenters. The first-order valence-electron chi connectivity index (χ1n) is 5.58. The Morgan fingerprint density at radius 1 is 1.41 bits per heavy atom. The number of amides is 1. The number of aliphatic hydroxyl groups is 1. The van der Waals surface area contributed by atoms with E-state index in [0.717, 1.165) is 13.1 Å². The molecule has 4 nitrogen and oxygen atoms in total. The molecule has 0 bridgehead atoms. The van der Waals surface area contributed by atoms with Gasteiger partial charge in [-0.05, 0) is 11.4 Å². The lowest BCUT2D eigenvalue weighted by Gasteiger charge is -2.34. The molecule has 1 saturated heterocycles. The van der Waals surface area contributed by atoms with Crippen LogP contribution in [-0.2, 0) is 0 Å². The van der Waals surface area contributed by atoms with Crippen molar-refractivity contribution in [1.82, 2.24) is 9.80 Å². The Balaban J connectivity index is 1.93. The first-order valence-corrected chi connectivity index (χ1v) is 6.83. The predicted octanol–water partition coefficient (Wildman–Crippen LogP) is 1.15. The highest BCUT2D eigenvalue weighted by atomic mass is 35.5. The summed E-state index contributed by atoms with van der Waals surface area (Å²) in [6, 6.07) is 1.75. The van der Waals surface area contributed by atoms with Crippen LogP contribution in [0.1, 0.15) is 9.67 Å². The second-order valence-corrected chi connectivity index (χ2v) is 5.28. The lowest BCUT2D eigenvalue weighted by molar-refractivity contribution is 0.0620. The molecule has 1 fully saturated rings. The van der Waals surface area contributed by atoms with Gasteiger partial charge in [-0.3, -0.25) is 9.69 Å². The van der Waals surface area contributed by atoms with Gasteiger partial charge in [0.15, 0.2) is 0 Å². The number of β-amino-alcohol motifs (C(OH)–C–C–N with tert-alkyl or cyclic N) is 1. The first-order chi connectivity index (χ1) is 8.22. The topological polar surface area (TPSA) is 43.8 Å². The van der Waals surface area contributed by atoms with E-state index in [-0.39, 0.29) is 12.5 Å². The molecule has 17 heavy (non-hydrogen) atoms. The Hall–Kier alpha value is -0.620. The summed E-state index contributed by atoms with van der Waals surface area (Å²) in [5.41, 5.74) is 0. The van der Waals surface area contributed by atoms with Gasteiger partial charge in [-0.15, -0.1) is 11.3 Å². The molecule has 1 N–H and O–H groups in total. The maximum absolute atomic E-state index is 12.1. The zero-order chi connectivity index (χ0) is 12.3. The summed E-state index contributed by atoms with van der Waals surface area (Å²) >= 11 is 7.34. The van der Waals surface area contributed by atoms with Crippen molar-refractivity contribution in [3.63, 3.8) is 0 Å². The van der Waals surface area contributed by atoms with E-state index >= 15 is 0 Å². The second kappa shape index (κ2) is 5.82. The van der Waals surface area contributed by atoms with E-state index in [1.807, 2.05) is 10.3 Å². The van der Waals surface area contributed by atoms with Crippen molar-refractivity contribution in [2.45, 2.75) is 0 Å². The summed E-state index contributed by atoms with van der Waals surface area (Å²) < 4.78 is 0. The molecule has 94 valence electrons. The highest BCUT2D eigenvalue weighted by Crippen LogP contribution is 2.24. The van der Waals surface area contributed by atoms with E-state index < -0.39 is 0 Å². The number of piperazine rings is 1. The lowest BCUT2D eigenvalue weighted by Crippen LogP contribution is -2.49. The molecule has 1 aromatic rings. The van der Waals surface area contributed by atoms with Crippen molar-refractivity contribution in [3.8, 4) is 0 Å². The van der Waals surface area contributed by atoms with Gasteiger partial charge in [0.1, 0.15) is 4.88 Å². The van der Waals surface area contributed by atoms with E-state index in [0.29, 0.717) is 29.5 Å². The lowest BCUT2D eigenvalue weighted by atomic mass is 10.3. The molecule has 0 saturated carbocycles. The fourth-order valence-corrected chi connectivity index (χ4v) is 3.01. The van der Waals surface area contributed by atoms with Crippen LogP contribution in [0, 0.1) is 0 Å². The number of thiophene rings is 1. The monoisotopic (exact) mass is 274 g/mol. The minimum absolute atomic E-state index is 0.0219. The molecule has 2 heterocycles. The molecule has 0 spiro atoms. The van der Waals surface area contributed by atoms with Crippen molar-refractivity contribution in [2.24, 2.45) is 0 Å². The summed E-state index contributed by atoms with van der Waals surface area (Å²) in [5, 5.41) is 11.2. The molecular weight excluding hydrogens is 260 g/mol. The molecular formula is C11H15ClN2O2S. The van der Waals surface area contributed by atoms with Gasteiger partial charge in [-0.2, -0.15) is 0 Å². The number of halogens is 1. The maximum Gasteiger partial charge on any atom is 0.265 e. The van der Waals surface area contributed by atoms with Crippen LogP contribution in [0.25, 0.3) is 0 Å². The number of carbonyl (C=O) groups excluding carboxylic acids is 1. The molecule has 1 aromatic heterocycles. The largest absolute Gasteiger partial charge is 0.395 e. The molecule has 0 radical (unpaired) electrons. The number of carbonyl (C=O) groups is 1. The average Bonchev–Trinajstić information content (AvgIpc) is 2.76. The van der Waals surface area contributed by atoms with Crippen LogP contribution in [0.4, 0.5) is 0 Å². The van der Waals surface area contributed by atoms with Gasteiger partial charge >= 0.3 is 0 Å². The van der Waals surface area contributed by atoms with Crippen molar-refractivity contribution < 1.29 is 9.90 Å². The summed E-state index contributed by atoms with van der Waals surface area (Å²) in [6.07, 6.45) is 0. The SMILES string of the molecule is O=C(c1sccc1Cl)N1CCN(CCO)CC1. The molecule has 2 rings (SSSR count). The van der Waals surface area contributed by atoms with Crippen LogP contribution in [0.3, 0.4) is 0 Å². The Morgan fingerprint density at radius 3 is 2.65 bits per heavy atom. The fraction of sp³-hybridized carbons (Fsp3) is 0.545. The van der Waals surface area contributed by atoms with Crippen LogP contribution in [0.15, 0.2) is 11.4 Å². The van der Waals surface area contributed by atoms with E-state index in [1.54, 1.807) is 6.07 Å². The van der Waals surface area contributed by atoms with Gasteiger partial charge in [-0.25, -0.2) is 0 Å². The van der Waals surface area contributed by atoms with Crippen molar-refractivity contribution in [3.05, 3.63) is 21.3 Å². The normalized spacial score (nSPS) is 17.4. The van der Waals surface area contributed by atoms with Gasteiger partial charge in [0, 0.05) is 32.7 Å². The number of aliphatic hydroxyl groups excluding tert-OH is 1. The minimum atomic E-state index is 0.0219. The average molecular weight is 275 g/mol. The molecule has 1 aliphatic rings. The van der Waals surface area contributed by atoms with Gasteiger partial charge in [0.05, 0.1) is 11.6 Å². The molecule has 0 aromatic carbocycles. The number of nitrogens with zero attached hydrogens (tertiary/aromatic N) is 2. The Labute approximate surface area is 109 Å². The molecule has 0 unspecified atom stereocenters. The van der Waals surface area contributed by atoms with E-state index in [1.165, 1.54) is 11.3 Å². The van der Waals surface area contributed by atoms with E-state index in [9.17, 15) is 4.79 Å². The van der Waals surface area contributed by atoms with E-state index in [4.69, 9.17) is 16.7 Å². The van der Waals surface area contributed by atoms with E-state index in [2.05, 4.69) is 4.90 Å². The zero-order valence-electron chi connectivity index (χ0n) is 9.43.